The Hall–Kier alpha value is -2.27. The molecule has 24 heavy (non-hydrogen) atoms. The average Bonchev–Trinajstić information content (AvgIpc) is 2.92. The molecule has 6 heteroatoms. The zero-order valence-electron chi connectivity index (χ0n) is 14.6. The number of nitrogen functional groups attached to an aromatic ring is 1. The number of rotatable bonds is 2. The number of fused-ring (bicyclic) bond motifs is 1. The second kappa shape index (κ2) is 9.13. The summed E-state index contributed by atoms with van der Waals surface area (Å²) in [5, 5.41) is 3.95. The van der Waals surface area contributed by atoms with Crippen molar-refractivity contribution in [2.75, 3.05) is 11.1 Å². The Balaban J connectivity index is 0.000000671. The van der Waals surface area contributed by atoms with Crippen molar-refractivity contribution in [2.24, 2.45) is 0 Å². The lowest BCUT2D eigenvalue weighted by Gasteiger charge is -2.06. The molecule has 3 aromatic rings. The van der Waals surface area contributed by atoms with Crippen molar-refractivity contribution in [3.05, 3.63) is 47.0 Å². The molecule has 0 saturated carbocycles. The summed E-state index contributed by atoms with van der Waals surface area (Å²) >= 11 is 5.76. The van der Waals surface area contributed by atoms with Gasteiger partial charge in [-0.1, -0.05) is 39.3 Å². The highest BCUT2D eigenvalue weighted by molar-refractivity contribution is 6.31. The van der Waals surface area contributed by atoms with Gasteiger partial charge in [-0.15, -0.1) is 0 Å². The first kappa shape index (κ1) is 19.8. The highest BCUT2D eigenvalue weighted by Gasteiger charge is 2.14. The quantitative estimate of drug-likeness (QED) is 0.568. The molecule has 0 aliphatic carbocycles. The largest absolute Gasteiger partial charge is 0.437 e. The van der Waals surface area contributed by atoms with E-state index in [-0.39, 0.29) is 10.9 Å². The fraction of sp³-hybridized carbons (Fsp3) is 0.278. The summed E-state index contributed by atoms with van der Waals surface area (Å²) in [7, 11) is 0. The number of aromatic nitrogens is 1. The Kier molecular flexibility index (Phi) is 7.52. The van der Waals surface area contributed by atoms with Crippen LogP contribution in [0.2, 0.25) is 5.02 Å². The van der Waals surface area contributed by atoms with Crippen molar-refractivity contribution in [2.45, 2.75) is 34.6 Å². The topological polar surface area (TPSA) is 64.1 Å². The van der Waals surface area contributed by atoms with E-state index < -0.39 is 5.82 Å². The molecule has 0 aliphatic heterocycles. The van der Waals surface area contributed by atoms with E-state index in [0.29, 0.717) is 17.0 Å². The Labute approximate surface area is 146 Å². The third-order valence-corrected chi connectivity index (χ3v) is 3.29. The monoisotopic (exact) mass is 351 g/mol. The van der Waals surface area contributed by atoms with E-state index in [1.165, 1.54) is 12.1 Å². The van der Waals surface area contributed by atoms with Crippen LogP contribution in [-0.4, -0.2) is 4.98 Å². The fourth-order valence-corrected chi connectivity index (χ4v) is 2.20. The van der Waals surface area contributed by atoms with Crippen molar-refractivity contribution in [3.63, 3.8) is 0 Å². The van der Waals surface area contributed by atoms with Gasteiger partial charge in [0, 0.05) is 17.3 Å². The van der Waals surface area contributed by atoms with E-state index >= 15 is 0 Å². The van der Waals surface area contributed by atoms with E-state index in [1.54, 1.807) is 18.3 Å². The Morgan fingerprint density at radius 1 is 1.17 bits per heavy atom. The maximum Gasteiger partial charge on any atom is 0.215 e. The molecule has 0 unspecified atom stereocenters. The standard InChI is InChI=1S/C14H11ClFN3O.2C2H6/c1-7-13-9(4-5-18-7)12(14(17)20-13)19-8-2-3-11(16)10(15)6-8;2*1-2/h2-6,19H,17H2,1H3;2*1-2H3. The highest BCUT2D eigenvalue weighted by Crippen LogP contribution is 2.36. The maximum atomic E-state index is 13.2. The predicted molar refractivity (Wildman–Crippen MR) is 101 cm³/mol. The summed E-state index contributed by atoms with van der Waals surface area (Å²) in [6.07, 6.45) is 1.68. The van der Waals surface area contributed by atoms with Crippen LogP contribution in [0.25, 0.3) is 11.0 Å². The average molecular weight is 352 g/mol. The van der Waals surface area contributed by atoms with Gasteiger partial charge in [-0.25, -0.2) is 4.39 Å². The Morgan fingerprint density at radius 2 is 1.83 bits per heavy atom. The second-order valence-corrected chi connectivity index (χ2v) is 4.78. The van der Waals surface area contributed by atoms with Gasteiger partial charge in [0.2, 0.25) is 5.88 Å². The molecule has 0 aliphatic rings. The highest BCUT2D eigenvalue weighted by atomic mass is 35.5. The molecule has 0 spiro atoms. The van der Waals surface area contributed by atoms with Gasteiger partial charge in [0.15, 0.2) is 5.58 Å². The van der Waals surface area contributed by atoms with E-state index in [1.807, 2.05) is 34.6 Å². The van der Waals surface area contributed by atoms with Crippen LogP contribution in [0.1, 0.15) is 33.4 Å². The number of anilines is 3. The van der Waals surface area contributed by atoms with E-state index in [9.17, 15) is 4.39 Å². The van der Waals surface area contributed by atoms with Gasteiger partial charge in [0.05, 0.1) is 10.7 Å². The molecule has 0 saturated heterocycles. The van der Waals surface area contributed by atoms with Crippen molar-refractivity contribution in [1.82, 2.24) is 4.98 Å². The first-order valence-corrected chi connectivity index (χ1v) is 8.29. The SMILES string of the molecule is CC.CC.Cc1nccc2c(Nc3ccc(F)c(Cl)c3)c(N)oc12. The third kappa shape index (κ3) is 4.17. The number of hydrogen-bond donors (Lipinski definition) is 2. The van der Waals surface area contributed by atoms with Crippen molar-refractivity contribution in [1.29, 1.82) is 0 Å². The zero-order chi connectivity index (χ0) is 18.3. The molecule has 3 rings (SSSR count). The molecule has 0 fully saturated rings. The number of nitrogens with one attached hydrogen (secondary N) is 1. The molecule has 2 heterocycles. The van der Waals surface area contributed by atoms with Crippen LogP contribution in [0.5, 0.6) is 0 Å². The van der Waals surface area contributed by atoms with Gasteiger partial charge in [-0.05, 0) is 31.2 Å². The molecule has 0 bridgehead atoms. The van der Waals surface area contributed by atoms with Gasteiger partial charge in [0.25, 0.3) is 0 Å². The number of nitrogens with zero attached hydrogens (tertiary/aromatic N) is 1. The number of pyridine rings is 1. The third-order valence-electron chi connectivity index (χ3n) is 3.00. The number of aryl methyl sites for hydroxylation is 1. The molecule has 0 amide bonds. The van der Waals surface area contributed by atoms with E-state index in [4.69, 9.17) is 21.8 Å². The molecular formula is C18H23ClFN3O. The minimum Gasteiger partial charge on any atom is -0.437 e. The van der Waals surface area contributed by atoms with Crippen molar-refractivity contribution >= 4 is 39.8 Å². The number of benzene rings is 1. The van der Waals surface area contributed by atoms with Crippen molar-refractivity contribution in [3.8, 4) is 0 Å². The van der Waals surface area contributed by atoms with Crippen LogP contribution >= 0.6 is 11.6 Å². The van der Waals surface area contributed by atoms with Crippen LogP contribution in [0, 0.1) is 12.7 Å². The molecular weight excluding hydrogens is 329 g/mol. The first-order chi connectivity index (χ1) is 11.6. The summed E-state index contributed by atoms with van der Waals surface area (Å²) in [6, 6.07) is 6.16. The normalized spacial score (nSPS) is 9.62. The number of hydrogen-bond acceptors (Lipinski definition) is 4. The molecule has 0 radical (unpaired) electrons. The summed E-state index contributed by atoms with van der Waals surface area (Å²) in [5.41, 5.74) is 8.49. The first-order valence-electron chi connectivity index (χ1n) is 7.92. The lowest BCUT2D eigenvalue weighted by molar-refractivity contribution is 0.628. The molecule has 130 valence electrons. The fourth-order valence-electron chi connectivity index (χ4n) is 2.02. The van der Waals surface area contributed by atoms with E-state index in [0.717, 1.165) is 11.1 Å². The molecule has 2 aromatic heterocycles. The molecule has 0 atom stereocenters. The lowest BCUT2D eigenvalue weighted by atomic mass is 10.2. The van der Waals surface area contributed by atoms with Crippen LogP contribution in [0.3, 0.4) is 0 Å². The molecule has 4 nitrogen and oxygen atoms in total. The number of furan rings is 1. The van der Waals surface area contributed by atoms with Gasteiger partial charge >= 0.3 is 0 Å². The summed E-state index contributed by atoms with van der Waals surface area (Å²) in [6.45, 7) is 9.84. The molecule has 1 aromatic carbocycles. The summed E-state index contributed by atoms with van der Waals surface area (Å²) < 4.78 is 18.7. The van der Waals surface area contributed by atoms with Gasteiger partial charge < -0.3 is 15.5 Å². The maximum absolute atomic E-state index is 13.2. The smallest absolute Gasteiger partial charge is 0.215 e. The van der Waals surface area contributed by atoms with Gasteiger partial charge in [-0.2, -0.15) is 0 Å². The van der Waals surface area contributed by atoms with Gasteiger partial charge in [0.1, 0.15) is 11.5 Å². The van der Waals surface area contributed by atoms with Crippen LogP contribution < -0.4 is 11.1 Å². The minimum absolute atomic E-state index is 0.0409. The van der Waals surface area contributed by atoms with Crippen LogP contribution in [-0.2, 0) is 0 Å². The Morgan fingerprint density at radius 3 is 2.46 bits per heavy atom. The molecule has 3 N–H and O–H groups in total. The zero-order valence-corrected chi connectivity index (χ0v) is 15.3. The predicted octanol–water partition coefficient (Wildman–Crippen LogP) is 6.31. The van der Waals surface area contributed by atoms with Gasteiger partial charge in [-0.3, -0.25) is 4.98 Å². The van der Waals surface area contributed by atoms with Crippen LogP contribution in [0.15, 0.2) is 34.9 Å². The second-order valence-electron chi connectivity index (χ2n) is 4.37. The summed E-state index contributed by atoms with van der Waals surface area (Å²) in [4.78, 5) is 4.15. The Bertz CT molecular complexity index is 802. The summed E-state index contributed by atoms with van der Waals surface area (Å²) in [5.74, 6) is -0.223. The lowest BCUT2D eigenvalue weighted by Crippen LogP contribution is -1.94. The number of halogens is 2. The number of nitrogens with two attached hydrogens (primary N) is 1. The van der Waals surface area contributed by atoms with Crippen LogP contribution in [0.4, 0.5) is 21.6 Å². The minimum atomic E-state index is -0.470. The van der Waals surface area contributed by atoms with Crippen molar-refractivity contribution < 1.29 is 8.81 Å². The van der Waals surface area contributed by atoms with E-state index in [2.05, 4.69) is 10.3 Å².